The van der Waals surface area contributed by atoms with Crippen molar-refractivity contribution in [1.82, 2.24) is 5.32 Å². The Bertz CT molecular complexity index is 711. The third kappa shape index (κ3) is 4.63. The first-order valence-corrected chi connectivity index (χ1v) is 7.88. The van der Waals surface area contributed by atoms with Gasteiger partial charge in [-0.15, -0.1) is 0 Å². The maximum atomic E-state index is 13.2. The minimum atomic E-state index is -4.55. The molecule has 1 aliphatic carbocycles. The first kappa shape index (κ1) is 19.1. The highest BCUT2D eigenvalue weighted by Gasteiger charge is 2.34. The topological polar surface area (TPSA) is 50.4 Å². The fraction of sp³-hybridized carbons (Fsp3) is 0.389. The van der Waals surface area contributed by atoms with Crippen LogP contribution in [0.4, 0.5) is 18.9 Å². The van der Waals surface area contributed by atoms with Crippen molar-refractivity contribution >= 4 is 11.6 Å². The van der Waals surface area contributed by atoms with Crippen LogP contribution in [-0.2, 0) is 10.9 Å². The third-order valence-electron chi connectivity index (χ3n) is 3.98. The summed E-state index contributed by atoms with van der Waals surface area (Å²) in [6.45, 7) is 3.91. The summed E-state index contributed by atoms with van der Waals surface area (Å²) in [4.78, 5) is 12.4. The summed E-state index contributed by atoms with van der Waals surface area (Å²) in [6.07, 6.45) is 1.19. The molecule has 0 bridgehead atoms. The number of rotatable bonds is 5. The van der Waals surface area contributed by atoms with E-state index >= 15 is 0 Å². The molecule has 0 heterocycles. The second-order valence-electron chi connectivity index (χ2n) is 5.99. The number of ether oxygens (including phenoxy) is 1. The number of halogens is 3. The van der Waals surface area contributed by atoms with Crippen LogP contribution in [0.3, 0.4) is 0 Å². The van der Waals surface area contributed by atoms with Crippen molar-refractivity contribution in [2.45, 2.75) is 32.0 Å². The lowest BCUT2D eigenvalue weighted by atomic mass is 9.95. The number of hydrogen-bond acceptors (Lipinski definition) is 3. The molecular formula is C18H21F3N2O2. The number of methoxy groups -OCH3 is 1. The van der Waals surface area contributed by atoms with Crippen LogP contribution in [-0.4, -0.2) is 25.2 Å². The Morgan fingerprint density at radius 3 is 2.68 bits per heavy atom. The van der Waals surface area contributed by atoms with Crippen molar-refractivity contribution in [1.29, 1.82) is 0 Å². The minimum absolute atomic E-state index is 0.0432. The monoisotopic (exact) mass is 354 g/mol. The van der Waals surface area contributed by atoms with Gasteiger partial charge in [-0.1, -0.05) is 12.2 Å². The van der Waals surface area contributed by atoms with E-state index in [1.165, 1.54) is 12.1 Å². The molecule has 4 nitrogen and oxygen atoms in total. The Morgan fingerprint density at radius 2 is 2.08 bits per heavy atom. The molecule has 0 aromatic heterocycles. The number of carbonyl (C=O) groups is 1. The summed E-state index contributed by atoms with van der Waals surface area (Å²) >= 11 is 0. The summed E-state index contributed by atoms with van der Waals surface area (Å²) in [5.41, 5.74) is -0.923. The number of carbonyl (C=O) groups excluding carboxylic acids is 1. The largest absolute Gasteiger partial charge is 0.418 e. The average Bonchev–Trinajstić information content (AvgIpc) is 2.54. The number of alkyl halides is 3. The number of amides is 1. The van der Waals surface area contributed by atoms with Crippen LogP contribution in [0.1, 0.15) is 36.2 Å². The van der Waals surface area contributed by atoms with E-state index in [2.05, 4.69) is 10.6 Å². The van der Waals surface area contributed by atoms with Crippen molar-refractivity contribution in [2.75, 3.05) is 19.0 Å². The molecule has 7 heteroatoms. The van der Waals surface area contributed by atoms with Gasteiger partial charge in [0, 0.05) is 37.0 Å². The molecule has 1 atom stereocenters. The summed E-state index contributed by atoms with van der Waals surface area (Å²) in [5, 5.41) is 5.32. The maximum Gasteiger partial charge on any atom is 0.418 e. The Labute approximate surface area is 144 Å². The quantitative estimate of drug-likeness (QED) is 0.836. The molecule has 0 radical (unpaired) electrons. The fourth-order valence-corrected chi connectivity index (χ4v) is 2.57. The fourth-order valence-electron chi connectivity index (χ4n) is 2.57. The molecule has 1 aromatic carbocycles. The average molecular weight is 354 g/mol. The zero-order valence-corrected chi connectivity index (χ0v) is 14.3. The molecular weight excluding hydrogens is 333 g/mol. The first-order valence-electron chi connectivity index (χ1n) is 7.88. The lowest BCUT2D eigenvalue weighted by Gasteiger charge is -2.28. The van der Waals surface area contributed by atoms with Gasteiger partial charge in [0.25, 0.3) is 5.91 Å². The highest BCUT2D eigenvalue weighted by atomic mass is 19.4. The van der Waals surface area contributed by atoms with Gasteiger partial charge in [0.05, 0.1) is 11.2 Å². The van der Waals surface area contributed by atoms with Gasteiger partial charge in [-0.25, -0.2) is 0 Å². The molecule has 2 rings (SSSR count). The number of nitrogens with one attached hydrogen (secondary N) is 2. The predicted molar refractivity (Wildman–Crippen MR) is 90.3 cm³/mol. The van der Waals surface area contributed by atoms with E-state index < -0.39 is 23.2 Å². The van der Waals surface area contributed by atoms with Crippen molar-refractivity contribution in [3.8, 4) is 0 Å². The van der Waals surface area contributed by atoms with Crippen LogP contribution >= 0.6 is 0 Å². The highest BCUT2D eigenvalue weighted by molar-refractivity contribution is 5.96. The van der Waals surface area contributed by atoms with Crippen LogP contribution in [0, 0.1) is 0 Å². The molecule has 1 unspecified atom stereocenters. The smallest absolute Gasteiger partial charge is 0.385 e. The van der Waals surface area contributed by atoms with Crippen LogP contribution in [0.25, 0.3) is 0 Å². The number of benzene rings is 1. The van der Waals surface area contributed by atoms with Gasteiger partial charge >= 0.3 is 6.18 Å². The van der Waals surface area contributed by atoms with Crippen molar-refractivity contribution in [2.24, 2.45) is 0 Å². The Hall–Kier alpha value is -2.28. The van der Waals surface area contributed by atoms with Gasteiger partial charge in [0.2, 0.25) is 0 Å². The summed E-state index contributed by atoms with van der Waals surface area (Å²) in [5.74, 6) is -0.589. The van der Waals surface area contributed by atoms with E-state index in [1.807, 2.05) is 13.0 Å². The molecule has 1 aliphatic rings. The molecule has 0 aliphatic heterocycles. The standard InChI is InChI=1S/C18H21F3N2O2/c1-4-22-15-8-7-12(10-14(15)18(19,20)21)16(24)23-13-6-5-9-17(2,11-13)25-3/h5-10,22H,4,11H2,1-3H3,(H,23,24). The Balaban J connectivity index is 2.23. The predicted octanol–water partition coefficient (Wildman–Crippen LogP) is 4.12. The number of anilines is 1. The molecule has 0 saturated carbocycles. The third-order valence-corrected chi connectivity index (χ3v) is 3.98. The van der Waals surface area contributed by atoms with E-state index in [0.717, 1.165) is 6.07 Å². The first-order chi connectivity index (χ1) is 11.7. The van der Waals surface area contributed by atoms with Crippen molar-refractivity contribution < 1.29 is 22.7 Å². The van der Waals surface area contributed by atoms with Gasteiger partial charge in [0.1, 0.15) is 0 Å². The zero-order chi connectivity index (χ0) is 18.7. The van der Waals surface area contributed by atoms with Gasteiger partial charge < -0.3 is 15.4 Å². The Morgan fingerprint density at radius 1 is 1.36 bits per heavy atom. The minimum Gasteiger partial charge on any atom is -0.385 e. The van der Waals surface area contributed by atoms with Crippen LogP contribution in [0.5, 0.6) is 0 Å². The number of hydrogen-bond donors (Lipinski definition) is 2. The van der Waals surface area contributed by atoms with Crippen LogP contribution < -0.4 is 10.6 Å². The van der Waals surface area contributed by atoms with Crippen molar-refractivity contribution in [3.63, 3.8) is 0 Å². The molecule has 1 aromatic rings. The van der Waals surface area contributed by atoms with Crippen molar-refractivity contribution in [3.05, 3.63) is 53.3 Å². The van der Waals surface area contributed by atoms with Gasteiger partial charge in [-0.05, 0) is 38.1 Å². The van der Waals surface area contributed by atoms with Gasteiger partial charge in [-0.3, -0.25) is 4.79 Å². The second-order valence-corrected chi connectivity index (χ2v) is 5.99. The summed E-state index contributed by atoms with van der Waals surface area (Å²) in [6, 6.07) is 3.51. The molecule has 136 valence electrons. The van der Waals surface area contributed by atoms with Gasteiger partial charge in [-0.2, -0.15) is 13.2 Å². The lowest BCUT2D eigenvalue weighted by Crippen LogP contribution is -2.33. The maximum absolute atomic E-state index is 13.2. The highest BCUT2D eigenvalue weighted by Crippen LogP contribution is 2.35. The lowest BCUT2D eigenvalue weighted by molar-refractivity contribution is -0.137. The molecule has 0 spiro atoms. The SMILES string of the molecule is CCNc1ccc(C(=O)NC2=CC=CC(C)(OC)C2)cc1C(F)(F)F. The van der Waals surface area contributed by atoms with E-state index in [0.29, 0.717) is 18.7 Å². The van der Waals surface area contributed by atoms with Crippen LogP contribution in [0.2, 0.25) is 0 Å². The van der Waals surface area contributed by atoms with Gasteiger partial charge in [0.15, 0.2) is 0 Å². The molecule has 2 N–H and O–H groups in total. The Kier molecular flexibility index (Phi) is 5.57. The van der Waals surface area contributed by atoms with E-state index in [1.54, 1.807) is 26.2 Å². The van der Waals surface area contributed by atoms with E-state index in [9.17, 15) is 18.0 Å². The normalized spacial score (nSPS) is 20.2. The van der Waals surface area contributed by atoms with E-state index in [4.69, 9.17) is 4.74 Å². The summed E-state index contributed by atoms with van der Waals surface area (Å²) < 4.78 is 45.0. The molecule has 25 heavy (non-hydrogen) atoms. The second kappa shape index (κ2) is 7.31. The zero-order valence-electron chi connectivity index (χ0n) is 14.3. The van der Waals surface area contributed by atoms with Crippen LogP contribution in [0.15, 0.2) is 42.1 Å². The number of allylic oxidation sites excluding steroid dienone is 2. The van der Waals surface area contributed by atoms with E-state index in [-0.39, 0.29) is 11.3 Å². The molecule has 1 amide bonds. The summed E-state index contributed by atoms with van der Waals surface area (Å²) in [7, 11) is 1.56. The molecule has 0 saturated heterocycles. The molecule has 0 fully saturated rings.